The highest BCUT2D eigenvalue weighted by atomic mass is 127. The van der Waals surface area contributed by atoms with Crippen LogP contribution in [-0.4, -0.2) is 35.4 Å². The Morgan fingerprint density at radius 3 is 2.71 bits per heavy atom. The van der Waals surface area contributed by atoms with Gasteiger partial charge in [-0.1, -0.05) is 47.1 Å². The summed E-state index contributed by atoms with van der Waals surface area (Å²) in [5.41, 5.74) is 0.818. The number of nitrogens with zero attached hydrogens (tertiary/aromatic N) is 3. The van der Waals surface area contributed by atoms with Crippen molar-refractivity contribution in [1.29, 1.82) is 0 Å². The molecule has 0 saturated heterocycles. The maximum Gasteiger partial charge on any atom is 0.246 e. The Balaban J connectivity index is 0.00000280. The van der Waals surface area contributed by atoms with Crippen molar-refractivity contribution in [2.45, 2.75) is 11.4 Å². The van der Waals surface area contributed by atoms with Crippen LogP contribution in [0, 0.1) is 0 Å². The van der Waals surface area contributed by atoms with Crippen molar-refractivity contribution in [3.05, 3.63) is 65.5 Å². The first kappa shape index (κ1) is 22.5. The van der Waals surface area contributed by atoms with E-state index in [1.165, 1.54) is 4.90 Å². The van der Waals surface area contributed by atoms with Gasteiger partial charge in [0.25, 0.3) is 0 Å². The van der Waals surface area contributed by atoms with Gasteiger partial charge in [0.2, 0.25) is 11.7 Å². The summed E-state index contributed by atoms with van der Waals surface area (Å²) in [5.74, 6) is 2.61. The summed E-state index contributed by atoms with van der Waals surface area (Å²) in [6, 6.07) is 17.6. The zero-order valence-electron chi connectivity index (χ0n) is 15.3. The molecule has 0 radical (unpaired) electrons. The van der Waals surface area contributed by atoms with E-state index < -0.39 is 0 Å². The molecule has 0 aliphatic heterocycles. The molecule has 0 bridgehead atoms. The molecule has 3 aromatic rings. The van der Waals surface area contributed by atoms with E-state index in [0.717, 1.165) is 17.9 Å². The average Bonchev–Trinajstić information content (AvgIpc) is 3.17. The minimum absolute atomic E-state index is 0. The number of halogens is 2. The highest BCUT2D eigenvalue weighted by Crippen LogP contribution is 2.19. The first-order chi connectivity index (χ1) is 13.2. The summed E-state index contributed by atoms with van der Waals surface area (Å²) in [5, 5.41) is 11.1. The fourth-order valence-corrected chi connectivity index (χ4v) is 3.29. The molecule has 3 rings (SSSR count). The van der Waals surface area contributed by atoms with Gasteiger partial charge < -0.3 is 15.2 Å². The predicted molar refractivity (Wildman–Crippen MR) is 126 cm³/mol. The van der Waals surface area contributed by atoms with Gasteiger partial charge in [-0.3, -0.25) is 4.99 Å². The van der Waals surface area contributed by atoms with Crippen molar-refractivity contribution in [2.75, 3.05) is 19.3 Å². The van der Waals surface area contributed by atoms with Gasteiger partial charge >= 0.3 is 0 Å². The van der Waals surface area contributed by atoms with Gasteiger partial charge in [0.1, 0.15) is 0 Å². The van der Waals surface area contributed by atoms with Gasteiger partial charge in [-0.25, -0.2) is 0 Å². The Hall–Kier alpha value is -1.78. The molecule has 0 amide bonds. The van der Waals surface area contributed by atoms with Gasteiger partial charge in [0.15, 0.2) is 5.96 Å². The van der Waals surface area contributed by atoms with Crippen LogP contribution in [0.3, 0.4) is 0 Å². The first-order valence-corrected chi connectivity index (χ1v) is 9.82. The molecule has 0 fully saturated rings. The number of hydrogen-bond acceptors (Lipinski definition) is 5. The Labute approximate surface area is 190 Å². The Bertz CT molecular complexity index is 891. The fourth-order valence-electron chi connectivity index (χ4n) is 2.31. The van der Waals surface area contributed by atoms with Crippen molar-refractivity contribution in [2.24, 2.45) is 4.99 Å². The predicted octanol–water partition coefficient (Wildman–Crippen LogP) is 4.47. The fraction of sp³-hybridized carbons (Fsp3) is 0.211. The number of guanidine groups is 1. The number of aliphatic imine (C=N–C) groups is 1. The third kappa shape index (κ3) is 6.99. The highest BCUT2D eigenvalue weighted by molar-refractivity contribution is 14.0. The Morgan fingerprint density at radius 1 is 1.14 bits per heavy atom. The smallest absolute Gasteiger partial charge is 0.246 e. The molecule has 0 saturated carbocycles. The summed E-state index contributed by atoms with van der Waals surface area (Å²) in [7, 11) is 1.73. The molecule has 6 nitrogen and oxygen atoms in total. The van der Waals surface area contributed by atoms with Crippen LogP contribution in [0.5, 0.6) is 0 Å². The lowest BCUT2D eigenvalue weighted by Crippen LogP contribution is -2.38. The number of thioether (sulfide) groups is 1. The second-order valence-electron chi connectivity index (χ2n) is 5.54. The van der Waals surface area contributed by atoms with Crippen LogP contribution in [0.25, 0.3) is 11.4 Å². The van der Waals surface area contributed by atoms with E-state index in [0.29, 0.717) is 29.2 Å². The third-order valence-electron chi connectivity index (χ3n) is 3.59. The SMILES string of the molecule is CN=C(NCCSc1ccccc1)NCc1nc(-c2cccc(Cl)c2)no1.I. The summed E-state index contributed by atoms with van der Waals surface area (Å²) < 4.78 is 5.28. The van der Waals surface area contributed by atoms with Crippen molar-refractivity contribution in [3.63, 3.8) is 0 Å². The van der Waals surface area contributed by atoms with Crippen molar-refractivity contribution >= 4 is 53.3 Å². The molecule has 0 aliphatic rings. The van der Waals surface area contributed by atoms with Crippen molar-refractivity contribution in [3.8, 4) is 11.4 Å². The number of aromatic nitrogens is 2. The van der Waals surface area contributed by atoms with Crippen LogP contribution < -0.4 is 10.6 Å². The molecule has 2 N–H and O–H groups in total. The largest absolute Gasteiger partial charge is 0.356 e. The van der Waals surface area contributed by atoms with E-state index in [1.807, 2.05) is 30.3 Å². The van der Waals surface area contributed by atoms with E-state index in [2.05, 4.69) is 37.9 Å². The van der Waals surface area contributed by atoms with Gasteiger partial charge in [0.05, 0.1) is 6.54 Å². The number of benzene rings is 2. The Kier molecular flexibility index (Phi) is 9.59. The zero-order valence-corrected chi connectivity index (χ0v) is 19.2. The summed E-state index contributed by atoms with van der Waals surface area (Å²) in [6.07, 6.45) is 0. The lowest BCUT2D eigenvalue weighted by Gasteiger charge is -2.10. The number of rotatable bonds is 7. The monoisotopic (exact) mass is 529 g/mol. The maximum absolute atomic E-state index is 6.00. The number of hydrogen-bond donors (Lipinski definition) is 2. The van der Waals surface area contributed by atoms with Crippen LogP contribution in [0.15, 0.2) is 69.0 Å². The first-order valence-electron chi connectivity index (χ1n) is 8.45. The lowest BCUT2D eigenvalue weighted by molar-refractivity contribution is 0.375. The highest BCUT2D eigenvalue weighted by Gasteiger charge is 2.09. The van der Waals surface area contributed by atoms with Crippen LogP contribution in [0.1, 0.15) is 5.89 Å². The van der Waals surface area contributed by atoms with E-state index in [-0.39, 0.29) is 24.0 Å². The molecule has 1 heterocycles. The standard InChI is InChI=1S/C19H20ClN5OS.HI/c1-21-19(22-10-11-27-16-8-3-2-4-9-16)23-13-17-24-18(25-26-17)14-6-5-7-15(20)12-14;/h2-9,12H,10-11,13H2,1H3,(H2,21,22,23);1H. The van der Waals surface area contributed by atoms with Crippen LogP contribution in [0.2, 0.25) is 5.02 Å². The Morgan fingerprint density at radius 2 is 1.96 bits per heavy atom. The van der Waals surface area contributed by atoms with Gasteiger partial charge in [-0.05, 0) is 24.3 Å². The summed E-state index contributed by atoms with van der Waals surface area (Å²) >= 11 is 7.79. The van der Waals surface area contributed by atoms with E-state index in [9.17, 15) is 0 Å². The molecule has 2 aromatic carbocycles. The number of nitrogens with one attached hydrogen (secondary N) is 2. The normalized spacial score (nSPS) is 11.0. The molecule has 0 atom stereocenters. The molecule has 1 aromatic heterocycles. The summed E-state index contributed by atoms with van der Waals surface area (Å²) in [4.78, 5) is 9.83. The minimum atomic E-state index is 0. The third-order valence-corrected chi connectivity index (χ3v) is 4.84. The van der Waals surface area contributed by atoms with E-state index in [4.69, 9.17) is 16.1 Å². The van der Waals surface area contributed by atoms with E-state index in [1.54, 1.807) is 30.9 Å². The molecule has 0 aliphatic carbocycles. The molecule has 0 spiro atoms. The van der Waals surface area contributed by atoms with E-state index >= 15 is 0 Å². The van der Waals surface area contributed by atoms with Crippen LogP contribution >= 0.6 is 47.3 Å². The van der Waals surface area contributed by atoms with Gasteiger partial charge in [-0.15, -0.1) is 35.7 Å². The van der Waals surface area contributed by atoms with Gasteiger partial charge in [0, 0.05) is 34.8 Å². The van der Waals surface area contributed by atoms with Gasteiger partial charge in [-0.2, -0.15) is 4.98 Å². The topological polar surface area (TPSA) is 75.3 Å². The van der Waals surface area contributed by atoms with Crippen LogP contribution in [-0.2, 0) is 6.54 Å². The zero-order chi connectivity index (χ0) is 18.9. The molecule has 28 heavy (non-hydrogen) atoms. The minimum Gasteiger partial charge on any atom is -0.356 e. The second kappa shape index (κ2) is 11.9. The maximum atomic E-state index is 6.00. The quantitative estimate of drug-likeness (QED) is 0.155. The molecular weight excluding hydrogens is 509 g/mol. The molecule has 0 unspecified atom stereocenters. The van der Waals surface area contributed by atoms with Crippen LogP contribution in [0.4, 0.5) is 0 Å². The molecule has 148 valence electrons. The molecular formula is C19H21ClIN5OS. The lowest BCUT2D eigenvalue weighted by atomic mass is 10.2. The summed E-state index contributed by atoms with van der Waals surface area (Å²) in [6.45, 7) is 1.18. The second-order valence-corrected chi connectivity index (χ2v) is 7.14. The van der Waals surface area contributed by atoms with Crippen molar-refractivity contribution in [1.82, 2.24) is 20.8 Å². The van der Waals surface area contributed by atoms with Crippen molar-refractivity contribution < 1.29 is 4.52 Å². The molecule has 9 heteroatoms. The average molecular weight is 530 g/mol.